The van der Waals surface area contributed by atoms with Crippen LogP contribution in [-0.4, -0.2) is 12.1 Å². The average Bonchev–Trinajstić information content (AvgIpc) is 2.88. The first-order valence-corrected chi connectivity index (χ1v) is 7.08. The first-order chi connectivity index (χ1) is 9.15. The van der Waals surface area contributed by atoms with Crippen LogP contribution in [-0.2, 0) is 0 Å². The summed E-state index contributed by atoms with van der Waals surface area (Å²) >= 11 is 1.52. The number of hydrogen-bond acceptors (Lipinski definition) is 4. The number of nitrogens with two attached hydrogens (primary N) is 1. The maximum Gasteiger partial charge on any atom is 0.165 e. The second-order valence-electron chi connectivity index (χ2n) is 4.32. The summed E-state index contributed by atoms with van der Waals surface area (Å²) in [7, 11) is 1.45. The predicted molar refractivity (Wildman–Crippen MR) is 75.9 cm³/mol. The monoisotopic (exact) mass is 280 g/mol. The van der Waals surface area contributed by atoms with Crippen molar-refractivity contribution in [2.24, 2.45) is 5.73 Å². The number of aromatic nitrogens is 1. The van der Waals surface area contributed by atoms with Gasteiger partial charge in [-0.05, 0) is 24.6 Å². The highest BCUT2D eigenvalue weighted by Crippen LogP contribution is 2.29. The molecule has 1 aromatic carbocycles. The Labute approximate surface area is 116 Å². The zero-order chi connectivity index (χ0) is 13.8. The zero-order valence-electron chi connectivity index (χ0n) is 11.0. The summed E-state index contributed by atoms with van der Waals surface area (Å²) in [6.45, 7) is 2.09. The Morgan fingerprint density at radius 1 is 1.47 bits per heavy atom. The number of thiazole rings is 1. The predicted octanol–water partition coefficient (Wildman–Crippen LogP) is 3.76. The van der Waals surface area contributed by atoms with E-state index in [1.165, 1.54) is 24.5 Å². The number of hydrogen-bond donors (Lipinski definition) is 1. The number of benzene rings is 1. The van der Waals surface area contributed by atoms with Crippen molar-refractivity contribution in [3.05, 3.63) is 34.4 Å². The first kappa shape index (κ1) is 14.0. The van der Waals surface area contributed by atoms with Crippen LogP contribution in [0.3, 0.4) is 0 Å². The molecule has 1 atom stereocenters. The zero-order valence-corrected chi connectivity index (χ0v) is 11.8. The minimum atomic E-state index is -0.382. The standard InChI is InChI=1S/C14H17FN2OS/c1-3-4-11(16)14-17-12(8-19-14)9-5-6-13(18-2)10(15)7-9/h5-8,11H,3-4,16H2,1-2H3. The molecule has 0 radical (unpaired) electrons. The third-order valence-electron chi connectivity index (χ3n) is 2.89. The van der Waals surface area contributed by atoms with Crippen LogP contribution in [0, 0.1) is 5.82 Å². The smallest absolute Gasteiger partial charge is 0.165 e. The molecule has 2 aromatic rings. The number of rotatable bonds is 5. The molecule has 0 aliphatic carbocycles. The molecule has 1 aromatic heterocycles. The number of ether oxygens (including phenoxy) is 1. The average molecular weight is 280 g/mol. The van der Waals surface area contributed by atoms with Gasteiger partial charge in [0.05, 0.1) is 18.8 Å². The van der Waals surface area contributed by atoms with Gasteiger partial charge in [-0.25, -0.2) is 9.37 Å². The van der Waals surface area contributed by atoms with Crippen LogP contribution in [0.25, 0.3) is 11.3 Å². The summed E-state index contributed by atoms with van der Waals surface area (Å²) in [5, 5.41) is 2.81. The summed E-state index contributed by atoms with van der Waals surface area (Å²) < 4.78 is 18.5. The molecular weight excluding hydrogens is 263 g/mol. The van der Waals surface area contributed by atoms with Crippen LogP contribution in [0.5, 0.6) is 5.75 Å². The highest BCUT2D eigenvalue weighted by molar-refractivity contribution is 7.10. The van der Waals surface area contributed by atoms with Crippen LogP contribution in [0.4, 0.5) is 4.39 Å². The molecule has 2 N–H and O–H groups in total. The molecule has 0 saturated heterocycles. The van der Waals surface area contributed by atoms with Gasteiger partial charge < -0.3 is 10.5 Å². The van der Waals surface area contributed by atoms with Crippen LogP contribution < -0.4 is 10.5 Å². The Kier molecular flexibility index (Phi) is 4.50. The molecule has 2 rings (SSSR count). The van der Waals surface area contributed by atoms with Crippen molar-refractivity contribution in [2.45, 2.75) is 25.8 Å². The van der Waals surface area contributed by atoms with Gasteiger partial charge in [0.1, 0.15) is 5.01 Å². The second-order valence-corrected chi connectivity index (χ2v) is 5.21. The lowest BCUT2D eigenvalue weighted by Crippen LogP contribution is -2.09. The summed E-state index contributed by atoms with van der Waals surface area (Å²) in [6.07, 6.45) is 1.93. The molecule has 1 unspecified atom stereocenters. The van der Waals surface area contributed by atoms with Crippen LogP contribution in [0.15, 0.2) is 23.6 Å². The van der Waals surface area contributed by atoms with E-state index < -0.39 is 0 Å². The quantitative estimate of drug-likeness (QED) is 0.907. The van der Waals surface area contributed by atoms with Crippen molar-refractivity contribution >= 4 is 11.3 Å². The molecule has 19 heavy (non-hydrogen) atoms. The highest BCUT2D eigenvalue weighted by atomic mass is 32.1. The summed E-state index contributed by atoms with van der Waals surface area (Å²) in [5.74, 6) is -0.144. The lowest BCUT2D eigenvalue weighted by molar-refractivity contribution is 0.386. The first-order valence-electron chi connectivity index (χ1n) is 6.20. The minimum absolute atomic E-state index is 0.0353. The molecule has 0 saturated carbocycles. The SMILES string of the molecule is CCCC(N)c1nc(-c2ccc(OC)c(F)c2)cs1. The lowest BCUT2D eigenvalue weighted by Gasteiger charge is -2.05. The molecule has 3 nitrogen and oxygen atoms in total. The number of methoxy groups -OCH3 is 1. The second kappa shape index (κ2) is 6.12. The molecule has 0 bridgehead atoms. The Bertz CT molecular complexity index is 556. The van der Waals surface area contributed by atoms with E-state index in [1.807, 2.05) is 5.38 Å². The van der Waals surface area contributed by atoms with Gasteiger partial charge in [0.25, 0.3) is 0 Å². The summed E-state index contributed by atoms with van der Waals surface area (Å²) in [5.41, 5.74) is 7.52. The molecule has 0 fully saturated rings. The van der Waals surface area contributed by atoms with E-state index >= 15 is 0 Å². The molecule has 0 aliphatic rings. The molecule has 102 valence electrons. The van der Waals surface area contributed by atoms with E-state index in [0.717, 1.165) is 29.1 Å². The number of nitrogens with zero attached hydrogens (tertiary/aromatic N) is 1. The van der Waals surface area contributed by atoms with Gasteiger partial charge in [0.2, 0.25) is 0 Å². The maximum absolute atomic E-state index is 13.6. The van der Waals surface area contributed by atoms with Crippen molar-refractivity contribution in [3.63, 3.8) is 0 Å². The minimum Gasteiger partial charge on any atom is -0.494 e. The molecule has 0 aliphatic heterocycles. The third-order valence-corrected chi connectivity index (χ3v) is 3.86. The molecular formula is C14H17FN2OS. The summed E-state index contributed by atoms with van der Waals surface area (Å²) in [4.78, 5) is 4.48. The van der Waals surface area contributed by atoms with Crippen molar-refractivity contribution in [3.8, 4) is 17.0 Å². The Hall–Kier alpha value is -1.46. The third kappa shape index (κ3) is 3.11. The Morgan fingerprint density at radius 3 is 2.89 bits per heavy atom. The van der Waals surface area contributed by atoms with Gasteiger partial charge in [0.15, 0.2) is 11.6 Å². The van der Waals surface area contributed by atoms with Crippen molar-refractivity contribution < 1.29 is 9.13 Å². The molecule has 5 heteroatoms. The van der Waals surface area contributed by atoms with E-state index in [9.17, 15) is 4.39 Å². The fraction of sp³-hybridized carbons (Fsp3) is 0.357. The van der Waals surface area contributed by atoms with Gasteiger partial charge in [-0.1, -0.05) is 13.3 Å². The van der Waals surface area contributed by atoms with Gasteiger partial charge in [-0.15, -0.1) is 11.3 Å². The van der Waals surface area contributed by atoms with E-state index in [0.29, 0.717) is 0 Å². The van der Waals surface area contributed by atoms with E-state index in [1.54, 1.807) is 12.1 Å². The van der Waals surface area contributed by atoms with Crippen molar-refractivity contribution in [1.29, 1.82) is 0 Å². The topological polar surface area (TPSA) is 48.1 Å². The molecule has 0 spiro atoms. The Morgan fingerprint density at radius 2 is 2.26 bits per heavy atom. The van der Waals surface area contributed by atoms with Crippen molar-refractivity contribution in [2.75, 3.05) is 7.11 Å². The van der Waals surface area contributed by atoms with Crippen LogP contribution >= 0.6 is 11.3 Å². The normalized spacial score (nSPS) is 12.4. The summed E-state index contributed by atoms with van der Waals surface area (Å²) in [6, 6.07) is 4.80. The fourth-order valence-corrected chi connectivity index (χ4v) is 2.72. The molecule has 0 amide bonds. The van der Waals surface area contributed by atoms with Gasteiger partial charge in [-0.2, -0.15) is 0 Å². The van der Waals surface area contributed by atoms with E-state index in [2.05, 4.69) is 11.9 Å². The van der Waals surface area contributed by atoms with Crippen molar-refractivity contribution in [1.82, 2.24) is 4.98 Å². The maximum atomic E-state index is 13.6. The fourth-order valence-electron chi connectivity index (χ4n) is 1.85. The molecule has 1 heterocycles. The lowest BCUT2D eigenvalue weighted by atomic mass is 10.1. The van der Waals surface area contributed by atoms with Gasteiger partial charge in [-0.3, -0.25) is 0 Å². The van der Waals surface area contributed by atoms with E-state index in [-0.39, 0.29) is 17.6 Å². The van der Waals surface area contributed by atoms with Gasteiger partial charge in [0, 0.05) is 10.9 Å². The van der Waals surface area contributed by atoms with E-state index in [4.69, 9.17) is 10.5 Å². The largest absolute Gasteiger partial charge is 0.494 e. The number of halogens is 1. The highest BCUT2D eigenvalue weighted by Gasteiger charge is 2.12. The van der Waals surface area contributed by atoms with Crippen LogP contribution in [0.1, 0.15) is 30.8 Å². The van der Waals surface area contributed by atoms with Crippen LogP contribution in [0.2, 0.25) is 0 Å². The Balaban J connectivity index is 2.25. The van der Waals surface area contributed by atoms with Gasteiger partial charge >= 0.3 is 0 Å².